The first-order valence-electron chi connectivity index (χ1n) is 20.4. The molecule has 0 amide bonds. The Labute approximate surface area is 348 Å². The van der Waals surface area contributed by atoms with Crippen molar-refractivity contribution >= 4 is 79.0 Å². The fourth-order valence-corrected chi connectivity index (χ4v) is 9.25. The average molecular weight is 770 g/mol. The normalized spacial score (nSPS) is 12.2. The maximum Gasteiger partial charge on any atom is 0.260 e. The SMILES string of the molecule is c1ccc(N(c2ccccc2)c2ccc3c(c2)Oc2cccc4c2B3c2cc3c(cc2O4)c2ccc(N(c4ccccc4)c4ccccc4)cc2n3-c2ccccc2)cc1. The summed E-state index contributed by atoms with van der Waals surface area (Å²) in [6.07, 6.45) is 0. The smallest absolute Gasteiger partial charge is 0.260 e. The molecule has 2 aliphatic heterocycles. The number of benzene rings is 9. The number of nitrogens with zero attached hydrogens (tertiary/aromatic N) is 3. The lowest BCUT2D eigenvalue weighted by molar-refractivity contribution is 0.465. The number of hydrogen-bond donors (Lipinski definition) is 0. The number of fused-ring (bicyclic) bond motifs is 7. The predicted octanol–water partition coefficient (Wildman–Crippen LogP) is 12.5. The van der Waals surface area contributed by atoms with Gasteiger partial charge in [-0.15, -0.1) is 0 Å². The van der Waals surface area contributed by atoms with Gasteiger partial charge in [0.25, 0.3) is 6.71 Å². The lowest BCUT2D eigenvalue weighted by Gasteiger charge is -2.34. The van der Waals surface area contributed by atoms with Gasteiger partial charge in [-0.05, 0) is 114 Å². The molecule has 6 heteroatoms. The van der Waals surface area contributed by atoms with Crippen LogP contribution in [0.3, 0.4) is 0 Å². The molecule has 10 aromatic rings. The van der Waals surface area contributed by atoms with Crippen LogP contribution in [0.25, 0.3) is 27.5 Å². The molecule has 3 heterocycles. The number of aromatic nitrogens is 1. The summed E-state index contributed by atoms with van der Waals surface area (Å²) in [5, 5.41) is 2.29. The molecule has 0 aliphatic carbocycles. The Balaban J connectivity index is 1.06. The summed E-state index contributed by atoms with van der Waals surface area (Å²) >= 11 is 0. The molecule has 0 spiro atoms. The molecule has 0 saturated heterocycles. The van der Waals surface area contributed by atoms with E-state index in [1.807, 2.05) is 6.07 Å². The van der Waals surface area contributed by atoms with Crippen LogP contribution in [-0.2, 0) is 0 Å². The second kappa shape index (κ2) is 13.9. The zero-order valence-electron chi connectivity index (χ0n) is 32.5. The van der Waals surface area contributed by atoms with Crippen LogP contribution in [-0.4, -0.2) is 11.3 Å². The molecule has 0 radical (unpaired) electrons. The lowest BCUT2D eigenvalue weighted by atomic mass is 9.35. The minimum absolute atomic E-state index is 0.103. The molecule has 9 aromatic carbocycles. The van der Waals surface area contributed by atoms with Gasteiger partial charge in [0.1, 0.15) is 23.0 Å². The summed E-state index contributed by atoms with van der Waals surface area (Å²) in [6, 6.07) is 77.1. The van der Waals surface area contributed by atoms with E-state index in [1.165, 1.54) is 0 Å². The van der Waals surface area contributed by atoms with Crippen LogP contribution >= 0.6 is 0 Å². The van der Waals surface area contributed by atoms with Crippen molar-refractivity contribution in [2.45, 2.75) is 0 Å². The Morgan fingerprint density at radius 3 is 1.35 bits per heavy atom. The van der Waals surface area contributed by atoms with E-state index < -0.39 is 0 Å². The average Bonchev–Trinajstić information content (AvgIpc) is 3.62. The van der Waals surface area contributed by atoms with E-state index in [0.717, 1.165) is 101 Å². The Kier molecular flexibility index (Phi) is 7.88. The minimum atomic E-state index is -0.103. The zero-order chi connectivity index (χ0) is 39.6. The van der Waals surface area contributed by atoms with Crippen LogP contribution in [0.5, 0.6) is 23.0 Å². The molecule has 282 valence electrons. The monoisotopic (exact) mass is 769 g/mol. The highest BCUT2D eigenvalue weighted by Crippen LogP contribution is 2.43. The second-order valence-electron chi connectivity index (χ2n) is 15.3. The molecule has 0 saturated carbocycles. The van der Waals surface area contributed by atoms with Crippen LogP contribution in [0, 0.1) is 0 Å². The number of anilines is 6. The van der Waals surface area contributed by atoms with Gasteiger partial charge >= 0.3 is 0 Å². The topological polar surface area (TPSA) is 29.9 Å². The highest BCUT2D eigenvalue weighted by atomic mass is 16.5. The van der Waals surface area contributed by atoms with Crippen molar-refractivity contribution in [1.82, 2.24) is 4.57 Å². The first-order chi connectivity index (χ1) is 29.8. The van der Waals surface area contributed by atoms with E-state index in [4.69, 9.17) is 9.47 Å². The molecular formula is C54H36BN3O2. The highest BCUT2D eigenvalue weighted by Gasteiger charge is 2.41. The van der Waals surface area contributed by atoms with Crippen molar-refractivity contribution in [1.29, 1.82) is 0 Å². The molecule has 0 unspecified atom stereocenters. The maximum absolute atomic E-state index is 6.86. The van der Waals surface area contributed by atoms with Crippen molar-refractivity contribution in [2.75, 3.05) is 9.80 Å². The molecule has 0 atom stereocenters. The molecular weight excluding hydrogens is 733 g/mol. The summed E-state index contributed by atoms with van der Waals surface area (Å²) < 4.78 is 16.1. The third-order valence-corrected chi connectivity index (χ3v) is 11.8. The van der Waals surface area contributed by atoms with E-state index >= 15 is 0 Å². The molecule has 0 bridgehead atoms. The summed E-state index contributed by atoms with van der Waals surface area (Å²) in [7, 11) is 0. The van der Waals surface area contributed by atoms with Gasteiger partial charge in [0.15, 0.2) is 0 Å². The Morgan fingerprint density at radius 2 is 0.800 bits per heavy atom. The zero-order valence-corrected chi connectivity index (χ0v) is 32.5. The van der Waals surface area contributed by atoms with Gasteiger partial charge in [-0.25, -0.2) is 0 Å². The quantitative estimate of drug-likeness (QED) is 0.151. The number of hydrogen-bond acceptors (Lipinski definition) is 4. The van der Waals surface area contributed by atoms with Gasteiger partial charge in [-0.3, -0.25) is 0 Å². The first kappa shape index (κ1) is 34.1. The lowest BCUT2D eigenvalue weighted by Crippen LogP contribution is -2.57. The third-order valence-electron chi connectivity index (χ3n) is 11.8. The fraction of sp³-hybridized carbons (Fsp3) is 0. The van der Waals surface area contributed by atoms with Gasteiger partial charge in [0.05, 0.1) is 11.0 Å². The molecule has 0 N–H and O–H groups in total. The van der Waals surface area contributed by atoms with E-state index in [2.05, 4.69) is 227 Å². The van der Waals surface area contributed by atoms with Crippen LogP contribution < -0.4 is 35.7 Å². The predicted molar refractivity (Wildman–Crippen MR) is 248 cm³/mol. The van der Waals surface area contributed by atoms with Crippen molar-refractivity contribution in [3.05, 3.63) is 218 Å². The molecule has 60 heavy (non-hydrogen) atoms. The molecule has 5 nitrogen and oxygen atoms in total. The maximum atomic E-state index is 6.86. The Hall–Kier alpha value is -7.96. The van der Waals surface area contributed by atoms with E-state index in [0.29, 0.717) is 0 Å². The number of ether oxygens (including phenoxy) is 2. The van der Waals surface area contributed by atoms with Gasteiger partial charge in [0, 0.05) is 62.1 Å². The van der Waals surface area contributed by atoms with Crippen molar-refractivity contribution < 1.29 is 9.47 Å². The van der Waals surface area contributed by atoms with Gasteiger partial charge in [0.2, 0.25) is 0 Å². The Bertz CT molecular complexity index is 3130. The van der Waals surface area contributed by atoms with E-state index in [-0.39, 0.29) is 6.71 Å². The van der Waals surface area contributed by atoms with Crippen molar-refractivity contribution in [3.63, 3.8) is 0 Å². The summed E-state index contributed by atoms with van der Waals surface area (Å²) in [4.78, 5) is 4.60. The van der Waals surface area contributed by atoms with E-state index in [9.17, 15) is 0 Å². The largest absolute Gasteiger partial charge is 0.458 e. The van der Waals surface area contributed by atoms with Gasteiger partial charge < -0.3 is 23.8 Å². The van der Waals surface area contributed by atoms with Crippen molar-refractivity contribution in [3.8, 4) is 28.7 Å². The molecule has 1 aromatic heterocycles. The van der Waals surface area contributed by atoms with Crippen molar-refractivity contribution in [2.24, 2.45) is 0 Å². The van der Waals surface area contributed by atoms with Crippen LogP contribution in [0.1, 0.15) is 0 Å². The van der Waals surface area contributed by atoms with Gasteiger partial charge in [-0.1, -0.05) is 109 Å². The molecule has 0 fully saturated rings. The summed E-state index contributed by atoms with van der Waals surface area (Å²) in [6.45, 7) is -0.103. The number of rotatable bonds is 7. The summed E-state index contributed by atoms with van der Waals surface area (Å²) in [5.41, 5.74) is 13.0. The standard InChI is InChI=1S/C54H36BN3O2/c1-6-17-37(18-7-1)56(38-19-8-2-9-20-38)42-29-31-44-45-35-53-47(36-49(45)58(48(44)33-42)41-25-14-5-15-26-41)55-46-32-30-43(34-52(46)59-50-27-16-28-51(60-53)54(50)55)57(39-21-10-3-11-22-39)40-23-12-4-13-24-40/h1-36H. The molecule has 12 rings (SSSR count). The first-order valence-corrected chi connectivity index (χ1v) is 20.4. The van der Waals surface area contributed by atoms with Gasteiger partial charge in [-0.2, -0.15) is 0 Å². The fourth-order valence-electron chi connectivity index (χ4n) is 9.25. The second-order valence-corrected chi connectivity index (χ2v) is 15.3. The third kappa shape index (κ3) is 5.49. The summed E-state index contributed by atoms with van der Waals surface area (Å²) in [5.74, 6) is 3.33. The molecule has 2 aliphatic rings. The Morgan fingerprint density at radius 1 is 0.333 bits per heavy atom. The van der Waals surface area contributed by atoms with Crippen LogP contribution in [0.15, 0.2) is 218 Å². The van der Waals surface area contributed by atoms with E-state index in [1.54, 1.807) is 0 Å². The number of para-hydroxylation sites is 5. The highest BCUT2D eigenvalue weighted by molar-refractivity contribution is 6.98. The van der Waals surface area contributed by atoms with Crippen LogP contribution in [0.2, 0.25) is 0 Å². The van der Waals surface area contributed by atoms with Crippen LogP contribution in [0.4, 0.5) is 34.1 Å². The minimum Gasteiger partial charge on any atom is -0.458 e.